The van der Waals surface area contributed by atoms with Crippen molar-refractivity contribution in [3.8, 4) is 5.69 Å². The van der Waals surface area contributed by atoms with Gasteiger partial charge < -0.3 is 5.32 Å². The molecule has 3 aromatic heterocycles. The van der Waals surface area contributed by atoms with E-state index in [0.717, 1.165) is 28.2 Å². The highest BCUT2D eigenvalue weighted by Crippen LogP contribution is 2.19. The molecule has 4 rings (SSSR count). The van der Waals surface area contributed by atoms with Gasteiger partial charge in [0.1, 0.15) is 11.3 Å². The number of carbonyl (C=O) groups excluding carboxylic acids is 1. The van der Waals surface area contributed by atoms with Crippen molar-refractivity contribution in [1.82, 2.24) is 24.8 Å². The maximum absolute atomic E-state index is 12.3. The molecule has 0 saturated heterocycles. The fraction of sp³-hybridized carbons (Fsp3) is 0.100. The Morgan fingerprint density at radius 1 is 1.08 bits per heavy atom. The van der Waals surface area contributed by atoms with Gasteiger partial charge in [0.15, 0.2) is 5.65 Å². The molecule has 0 saturated carbocycles. The van der Waals surface area contributed by atoms with Crippen LogP contribution in [0.3, 0.4) is 0 Å². The Balaban J connectivity index is 1.55. The quantitative estimate of drug-likeness (QED) is 0.618. The van der Waals surface area contributed by atoms with Crippen LogP contribution in [0.5, 0.6) is 0 Å². The predicted molar refractivity (Wildman–Crippen MR) is 99.0 cm³/mol. The van der Waals surface area contributed by atoms with E-state index in [9.17, 15) is 4.79 Å². The molecule has 0 aliphatic rings. The molecule has 128 valence electrons. The van der Waals surface area contributed by atoms with Crippen molar-refractivity contribution in [2.75, 3.05) is 0 Å². The number of aromatic nitrogens is 4. The Morgan fingerprint density at radius 3 is 2.65 bits per heavy atom. The average Bonchev–Trinajstić information content (AvgIpc) is 3.03. The van der Waals surface area contributed by atoms with Crippen molar-refractivity contribution >= 4 is 17.1 Å². The number of pyridine rings is 2. The van der Waals surface area contributed by atoms with E-state index in [-0.39, 0.29) is 5.91 Å². The largest absolute Gasteiger partial charge is 0.348 e. The summed E-state index contributed by atoms with van der Waals surface area (Å²) in [7, 11) is 0. The third-order valence-corrected chi connectivity index (χ3v) is 4.15. The van der Waals surface area contributed by atoms with E-state index in [1.54, 1.807) is 18.6 Å². The van der Waals surface area contributed by atoms with Crippen LogP contribution in [0.15, 0.2) is 67.1 Å². The molecule has 6 heteroatoms. The monoisotopic (exact) mass is 343 g/mol. The molecule has 6 nitrogen and oxygen atoms in total. The fourth-order valence-corrected chi connectivity index (χ4v) is 2.88. The molecule has 0 bridgehead atoms. The minimum atomic E-state index is -0.120. The van der Waals surface area contributed by atoms with Crippen LogP contribution in [0.4, 0.5) is 0 Å². The van der Waals surface area contributed by atoms with Gasteiger partial charge in [-0.05, 0) is 55.0 Å². The van der Waals surface area contributed by atoms with Crippen molar-refractivity contribution in [1.29, 1.82) is 0 Å². The normalized spacial score (nSPS) is 10.8. The van der Waals surface area contributed by atoms with Gasteiger partial charge in [0.05, 0.1) is 0 Å². The van der Waals surface area contributed by atoms with Crippen molar-refractivity contribution in [3.63, 3.8) is 0 Å². The van der Waals surface area contributed by atoms with E-state index in [0.29, 0.717) is 12.1 Å². The van der Waals surface area contributed by atoms with Gasteiger partial charge in [-0.1, -0.05) is 6.07 Å². The predicted octanol–water partition coefficient (Wildman–Crippen LogP) is 3.05. The molecule has 3 heterocycles. The van der Waals surface area contributed by atoms with Gasteiger partial charge in [-0.15, -0.1) is 0 Å². The summed E-state index contributed by atoms with van der Waals surface area (Å²) >= 11 is 0. The number of fused-ring (bicyclic) bond motifs is 1. The van der Waals surface area contributed by atoms with E-state index in [4.69, 9.17) is 0 Å². The smallest absolute Gasteiger partial charge is 0.251 e. The zero-order valence-corrected chi connectivity index (χ0v) is 14.3. The lowest BCUT2D eigenvalue weighted by Crippen LogP contribution is -2.22. The number of rotatable bonds is 4. The summed E-state index contributed by atoms with van der Waals surface area (Å²) in [5, 5.41) is 2.90. The lowest BCUT2D eigenvalue weighted by atomic mass is 10.2. The van der Waals surface area contributed by atoms with Crippen LogP contribution in [0.25, 0.3) is 16.9 Å². The molecule has 0 aliphatic heterocycles. The highest BCUT2D eigenvalue weighted by atomic mass is 16.1. The van der Waals surface area contributed by atoms with Gasteiger partial charge in [0.25, 0.3) is 5.91 Å². The fourth-order valence-electron chi connectivity index (χ4n) is 2.88. The maximum Gasteiger partial charge on any atom is 0.251 e. The number of carbonyl (C=O) groups is 1. The van der Waals surface area contributed by atoms with Crippen molar-refractivity contribution in [3.05, 3.63) is 84.1 Å². The minimum Gasteiger partial charge on any atom is -0.348 e. The van der Waals surface area contributed by atoms with Gasteiger partial charge >= 0.3 is 0 Å². The second kappa shape index (κ2) is 6.76. The van der Waals surface area contributed by atoms with Crippen molar-refractivity contribution in [2.45, 2.75) is 13.5 Å². The zero-order valence-electron chi connectivity index (χ0n) is 14.3. The van der Waals surface area contributed by atoms with Crippen molar-refractivity contribution < 1.29 is 4.79 Å². The first kappa shape index (κ1) is 16.0. The number of nitrogens with zero attached hydrogens (tertiary/aromatic N) is 4. The Hall–Kier alpha value is -3.54. The van der Waals surface area contributed by atoms with E-state index in [2.05, 4.69) is 20.3 Å². The number of benzene rings is 1. The molecule has 1 N–H and O–H groups in total. The first-order valence-corrected chi connectivity index (χ1v) is 8.30. The number of hydrogen-bond acceptors (Lipinski definition) is 4. The zero-order chi connectivity index (χ0) is 17.9. The molecule has 4 aromatic rings. The third kappa shape index (κ3) is 3.04. The third-order valence-electron chi connectivity index (χ3n) is 4.15. The molecular weight excluding hydrogens is 326 g/mol. The Morgan fingerprint density at radius 2 is 1.88 bits per heavy atom. The molecule has 1 aromatic carbocycles. The van der Waals surface area contributed by atoms with Crippen LogP contribution in [0, 0.1) is 6.92 Å². The number of nitrogens with one attached hydrogen (secondary N) is 1. The number of hydrogen-bond donors (Lipinski definition) is 1. The molecule has 26 heavy (non-hydrogen) atoms. The van der Waals surface area contributed by atoms with Crippen LogP contribution >= 0.6 is 0 Å². The molecule has 0 spiro atoms. The molecule has 0 aliphatic carbocycles. The molecule has 0 atom stereocenters. The Labute approximate surface area is 150 Å². The van der Waals surface area contributed by atoms with E-state index < -0.39 is 0 Å². The maximum atomic E-state index is 12.3. The number of imidazole rings is 1. The Kier molecular flexibility index (Phi) is 4.15. The van der Waals surface area contributed by atoms with Gasteiger partial charge in [0, 0.05) is 36.4 Å². The summed E-state index contributed by atoms with van der Waals surface area (Å²) in [6.45, 7) is 2.39. The van der Waals surface area contributed by atoms with Crippen LogP contribution in [0.1, 0.15) is 21.7 Å². The SMILES string of the molecule is Cc1nc2cccnc2n1-c1ccc(C(=O)NCc2cccnc2)cc1. The second-order valence-electron chi connectivity index (χ2n) is 5.93. The lowest BCUT2D eigenvalue weighted by Gasteiger charge is -2.08. The number of aryl methyl sites for hydroxylation is 1. The van der Waals surface area contributed by atoms with Crippen molar-refractivity contribution in [2.24, 2.45) is 0 Å². The summed E-state index contributed by atoms with van der Waals surface area (Å²) in [4.78, 5) is 25.3. The van der Waals surface area contributed by atoms with Gasteiger partial charge in [0.2, 0.25) is 0 Å². The summed E-state index contributed by atoms with van der Waals surface area (Å²) in [5.74, 6) is 0.734. The second-order valence-corrected chi connectivity index (χ2v) is 5.93. The first-order chi connectivity index (χ1) is 12.7. The highest BCUT2D eigenvalue weighted by Gasteiger charge is 2.11. The number of amides is 1. The Bertz CT molecular complexity index is 1050. The highest BCUT2D eigenvalue weighted by molar-refractivity contribution is 5.94. The van der Waals surface area contributed by atoms with Gasteiger partial charge in [-0.3, -0.25) is 14.3 Å². The molecular formula is C20H17N5O. The van der Waals surface area contributed by atoms with Crippen LogP contribution < -0.4 is 5.32 Å². The average molecular weight is 343 g/mol. The first-order valence-electron chi connectivity index (χ1n) is 8.30. The van der Waals surface area contributed by atoms with Crippen LogP contribution in [0.2, 0.25) is 0 Å². The van der Waals surface area contributed by atoms with Crippen LogP contribution in [-0.2, 0) is 6.54 Å². The molecule has 0 unspecified atom stereocenters. The lowest BCUT2D eigenvalue weighted by molar-refractivity contribution is 0.0951. The summed E-state index contributed by atoms with van der Waals surface area (Å²) in [6.07, 6.45) is 5.20. The molecule has 0 radical (unpaired) electrons. The molecule has 0 fully saturated rings. The van der Waals surface area contributed by atoms with Gasteiger partial charge in [-0.2, -0.15) is 0 Å². The van der Waals surface area contributed by atoms with E-state index in [1.807, 2.05) is 60.0 Å². The summed E-state index contributed by atoms with van der Waals surface area (Å²) < 4.78 is 1.98. The standard InChI is InChI=1S/C20H17N5O/c1-14-24-18-5-3-11-22-19(18)25(14)17-8-6-16(7-9-17)20(26)23-13-15-4-2-10-21-12-15/h2-12H,13H2,1H3,(H,23,26). The van der Waals surface area contributed by atoms with Gasteiger partial charge in [-0.25, -0.2) is 9.97 Å². The minimum absolute atomic E-state index is 0.120. The molecule has 1 amide bonds. The summed E-state index contributed by atoms with van der Waals surface area (Å²) in [5.41, 5.74) is 4.14. The topological polar surface area (TPSA) is 72.7 Å². The summed E-state index contributed by atoms with van der Waals surface area (Å²) in [6, 6.07) is 15.0. The van der Waals surface area contributed by atoms with E-state index >= 15 is 0 Å². The van der Waals surface area contributed by atoms with Crippen LogP contribution in [-0.4, -0.2) is 25.4 Å². The van der Waals surface area contributed by atoms with E-state index in [1.165, 1.54) is 0 Å².